The van der Waals surface area contributed by atoms with Gasteiger partial charge < -0.3 is 36.1 Å². The molecule has 1 rings (SSSR count). The highest BCUT2D eigenvalue weighted by molar-refractivity contribution is 5.92. The van der Waals surface area contributed by atoms with Gasteiger partial charge in [0.05, 0.1) is 24.3 Å². The Bertz CT molecular complexity index is 760. The summed E-state index contributed by atoms with van der Waals surface area (Å²) in [7, 11) is 1.50. The SMILES string of the molecule is CC(OC(C)(C)C)C(NC(=O)C(F)F)C(=O)NCC(=O)N(C(C)C)C(C=O)CC1CCNC1=O.CN. The Kier molecular flexibility index (Phi) is 14.3. The summed E-state index contributed by atoms with van der Waals surface area (Å²) in [6, 6.07) is -2.78. The predicted octanol–water partition coefficient (Wildman–Crippen LogP) is -0.0383. The molecule has 36 heavy (non-hydrogen) atoms. The Morgan fingerprint density at radius 2 is 1.78 bits per heavy atom. The summed E-state index contributed by atoms with van der Waals surface area (Å²) < 4.78 is 31.2. The quantitative estimate of drug-likeness (QED) is 0.262. The van der Waals surface area contributed by atoms with Crippen LogP contribution in [0.4, 0.5) is 8.78 Å². The second kappa shape index (κ2) is 15.4. The van der Waals surface area contributed by atoms with Crippen molar-refractivity contribution in [3.05, 3.63) is 0 Å². The number of alkyl halides is 2. The zero-order valence-electron chi connectivity index (χ0n) is 22.1. The first-order chi connectivity index (χ1) is 16.7. The predicted molar refractivity (Wildman–Crippen MR) is 129 cm³/mol. The summed E-state index contributed by atoms with van der Waals surface area (Å²) in [4.78, 5) is 62.1. The minimum atomic E-state index is -3.34. The average molecular weight is 522 g/mol. The van der Waals surface area contributed by atoms with E-state index in [4.69, 9.17) is 4.74 Å². The first kappa shape index (κ1) is 33.3. The summed E-state index contributed by atoms with van der Waals surface area (Å²) in [5.74, 6) is -3.71. The van der Waals surface area contributed by atoms with Gasteiger partial charge in [-0.25, -0.2) is 0 Å². The number of rotatable bonds is 12. The molecule has 0 aromatic heterocycles. The van der Waals surface area contributed by atoms with Crippen LogP contribution in [0.1, 0.15) is 54.4 Å². The summed E-state index contributed by atoms with van der Waals surface area (Å²) in [6.45, 7) is 9.87. The van der Waals surface area contributed by atoms with E-state index >= 15 is 0 Å². The standard InChI is InChI=1S/C22H36F2N4O6.CH5N/c1-12(2)28(15(11-29)9-14-7-8-25-19(14)31)16(30)10-26-20(32)17(27-21(33)18(23)24)13(3)34-22(4,5)6;1-2/h11-15,17-18H,7-10H2,1-6H3,(H,25,31)(H,26,32)(H,27,33);2H2,1H3. The number of carbonyl (C=O) groups excluding carboxylic acids is 5. The van der Waals surface area contributed by atoms with E-state index in [9.17, 15) is 32.8 Å². The van der Waals surface area contributed by atoms with Crippen molar-refractivity contribution in [1.82, 2.24) is 20.9 Å². The maximum absolute atomic E-state index is 12.9. The molecule has 0 aliphatic carbocycles. The normalized spacial score (nSPS) is 17.9. The Balaban J connectivity index is 0.00000596. The Morgan fingerprint density at radius 1 is 1.19 bits per heavy atom. The molecule has 11 nitrogen and oxygen atoms in total. The molecule has 4 amide bonds. The number of halogens is 2. The van der Waals surface area contributed by atoms with E-state index in [-0.39, 0.29) is 12.3 Å². The zero-order valence-corrected chi connectivity index (χ0v) is 22.1. The zero-order chi connectivity index (χ0) is 28.2. The van der Waals surface area contributed by atoms with E-state index in [1.165, 1.54) is 18.9 Å². The molecule has 0 aromatic carbocycles. The number of amides is 4. The van der Waals surface area contributed by atoms with Crippen LogP contribution in [0.25, 0.3) is 0 Å². The van der Waals surface area contributed by atoms with E-state index in [0.717, 1.165) is 0 Å². The van der Waals surface area contributed by atoms with Gasteiger partial charge in [0.1, 0.15) is 12.3 Å². The molecule has 0 spiro atoms. The van der Waals surface area contributed by atoms with E-state index in [1.54, 1.807) is 34.6 Å². The Hall–Kier alpha value is -2.67. The van der Waals surface area contributed by atoms with Crippen LogP contribution < -0.4 is 21.7 Å². The lowest BCUT2D eigenvalue weighted by atomic mass is 9.97. The molecular formula is C23H41F2N5O6. The molecule has 1 heterocycles. The van der Waals surface area contributed by atoms with E-state index in [2.05, 4.69) is 16.4 Å². The molecular weight excluding hydrogens is 480 g/mol. The van der Waals surface area contributed by atoms with Gasteiger partial charge in [0.15, 0.2) is 0 Å². The molecule has 1 saturated heterocycles. The van der Waals surface area contributed by atoms with Crippen LogP contribution in [0.15, 0.2) is 0 Å². The van der Waals surface area contributed by atoms with Crippen molar-refractivity contribution in [1.29, 1.82) is 0 Å². The van der Waals surface area contributed by atoms with Crippen molar-refractivity contribution in [3.8, 4) is 0 Å². The Labute approximate surface area is 211 Å². The number of hydrogen-bond donors (Lipinski definition) is 4. The number of ether oxygens (including phenoxy) is 1. The number of nitrogens with one attached hydrogen (secondary N) is 3. The van der Waals surface area contributed by atoms with Crippen LogP contribution in [0, 0.1) is 5.92 Å². The highest BCUT2D eigenvalue weighted by Crippen LogP contribution is 2.20. The van der Waals surface area contributed by atoms with Crippen molar-refractivity contribution in [2.45, 2.75) is 90.6 Å². The molecule has 0 radical (unpaired) electrons. The van der Waals surface area contributed by atoms with Crippen LogP contribution in [0.2, 0.25) is 0 Å². The first-order valence-electron chi connectivity index (χ1n) is 11.8. The monoisotopic (exact) mass is 521 g/mol. The lowest BCUT2D eigenvalue weighted by Crippen LogP contribution is -2.57. The topological polar surface area (TPSA) is 160 Å². The molecule has 0 aromatic rings. The van der Waals surface area contributed by atoms with E-state index in [0.29, 0.717) is 19.3 Å². The summed E-state index contributed by atoms with van der Waals surface area (Å²) >= 11 is 0. The van der Waals surface area contributed by atoms with Gasteiger partial charge in [0, 0.05) is 18.5 Å². The van der Waals surface area contributed by atoms with Crippen molar-refractivity contribution in [2.75, 3.05) is 20.1 Å². The fourth-order valence-corrected chi connectivity index (χ4v) is 3.85. The molecule has 1 aliphatic rings. The van der Waals surface area contributed by atoms with Gasteiger partial charge in [-0.15, -0.1) is 0 Å². The third-order valence-electron chi connectivity index (χ3n) is 5.25. The van der Waals surface area contributed by atoms with Gasteiger partial charge in [-0.05, 0) is 61.4 Å². The molecule has 1 aliphatic heterocycles. The number of aldehydes is 1. The molecule has 0 saturated carbocycles. The van der Waals surface area contributed by atoms with Crippen molar-refractivity contribution >= 4 is 29.9 Å². The van der Waals surface area contributed by atoms with Crippen molar-refractivity contribution in [2.24, 2.45) is 11.7 Å². The number of nitrogens with two attached hydrogens (primary N) is 1. The minimum absolute atomic E-state index is 0.150. The van der Waals surface area contributed by atoms with Gasteiger partial charge >= 0.3 is 6.43 Å². The molecule has 4 unspecified atom stereocenters. The van der Waals surface area contributed by atoms with Crippen molar-refractivity contribution in [3.63, 3.8) is 0 Å². The molecule has 208 valence electrons. The fourth-order valence-electron chi connectivity index (χ4n) is 3.85. The lowest BCUT2D eigenvalue weighted by Gasteiger charge is -2.34. The number of carbonyl (C=O) groups is 5. The molecule has 0 bridgehead atoms. The fraction of sp³-hybridized carbons (Fsp3) is 0.783. The van der Waals surface area contributed by atoms with Crippen LogP contribution in [0.3, 0.4) is 0 Å². The van der Waals surface area contributed by atoms with Crippen LogP contribution in [0.5, 0.6) is 0 Å². The third-order valence-corrected chi connectivity index (χ3v) is 5.25. The molecule has 4 atom stereocenters. The van der Waals surface area contributed by atoms with E-state index in [1.807, 2.05) is 5.32 Å². The van der Waals surface area contributed by atoms with Gasteiger partial charge in [0.25, 0.3) is 5.91 Å². The van der Waals surface area contributed by atoms with Gasteiger partial charge in [-0.1, -0.05) is 0 Å². The summed E-state index contributed by atoms with van der Waals surface area (Å²) in [6.07, 6.45) is -3.02. The number of nitrogens with zero attached hydrogens (tertiary/aromatic N) is 1. The third kappa shape index (κ3) is 10.9. The highest BCUT2D eigenvalue weighted by atomic mass is 19.3. The smallest absolute Gasteiger partial charge is 0.315 e. The highest BCUT2D eigenvalue weighted by Gasteiger charge is 2.35. The largest absolute Gasteiger partial charge is 0.370 e. The van der Waals surface area contributed by atoms with Gasteiger partial charge in [-0.3, -0.25) is 19.2 Å². The summed E-state index contributed by atoms with van der Waals surface area (Å²) in [5.41, 5.74) is 3.77. The van der Waals surface area contributed by atoms with Crippen LogP contribution in [-0.4, -0.2) is 91.2 Å². The van der Waals surface area contributed by atoms with Crippen molar-refractivity contribution < 1.29 is 37.5 Å². The minimum Gasteiger partial charge on any atom is -0.370 e. The maximum atomic E-state index is 12.9. The summed E-state index contributed by atoms with van der Waals surface area (Å²) in [5, 5.41) is 6.98. The van der Waals surface area contributed by atoms with Crippen LogP contribution >= 0.6 is 0 Å². The first-order valence-corrected chi connectivity index (χ1v) is 11.8. The molecule has 13 heteroatoms. The second-order valence-corrected chi connectivity index (χ2v) is 9.55. The maximum Gasteiger partial charge on any atom is 0.315 e. The number of hydrogen-bond acceptors (Lipinski definition) is 7. The van der Waals surface area contributed by atoms with Gasteiger partial charge in [0.2, 0.25) is 17.7 Å². The molecule has 1 fully saturated rings. The Morgan fingerprint density at radius 3 is 2.19 bits per heavy atom. The van der Waals surface area contributed by atoms with Gasteiger partial charge in [-0.2, -0.15) is 8.78 Å². The molecule has 5 N–H and O–H groups in total. The van der Waals surface area contributed by atoms with Crippen LogP contribution in [-0.2, 0) is 28.7 Å². The average Bonchev–Trinajstić information content (AvgIpc) is 3.19. The second-order valence-electron chi connectivity index (χ2n) is 9.55. The van der Waals surface area contributed by atoms with E-state index < -0.39 is 66.4 Å². The lowest BCUT2D eigenvalue weighted by molar-refractivity contribution is -0.144.